The van der Waals surface area contributed by atoms with Crippen molar-refractivity contribution in [1.29, 1.82) is 0 Å². The number of allylic oxidation sites excluding steroid dienone is 2. The van der Waals surface area contributed by atoms with Crippen molar-refractivity contribution in [2.75, 3.05) is 6.54 Å². The van der Waals surface area contributed by atoms with Gasteiger partial charge in [-0.05, 0) is 25.5 Å². The molecule has 0 fully saturated rings. The molecule has 0 aromatic heterocycles. The number of hydrogen-bond acceptors (Lipinski definition) is 1. The lowest BCUT2D eigenvalue weighted by molar-refractivity contribution is 0.746. The minimum absolute atomic E-state index is 0.483. The summed E-state index contributed by atoms with van der Waals surface area (Å²) in [6, 6.07) is 10.5. The molecule has 0 aliphatic carbocycles. The Balaban J connectivity index is 2.76. The topological polar surface area (TPSA) is 26.0 Å². The van der Waals surface area contributed by atoms with Crippen molar-refractivity contribution >= 4 is 0 Å². The average Bonchev–Trinajstić information content (AvgIpc) is 2.19. The maximum Gasteiger partial charge on any atom is 0.00298 e. The third kappa shape index (κ3) is 3.03. The van der Waals surface area contributed by atoms with Gasteiger partial charge in [-0.3, -0.25) is 0 Å². The second-order valence-corrected chi connectivity index (χ2v) is 3.12. The van der Waals surface area contributed by atoms with E-state index >= 15 is 0 Å². The van der Waals surface area contributed by atoms with Crippen LogP contribution in [0.2, 0.25) is 0 Å². The van der Waals surface area contributed by atoms with E-state index in [2.05, 4.69) is 36.4 Å². The van der Waals surface area contributed by atoms with Crippen LogP contribution in [0.1, 0.15) is 24.8 Å². The summed E-state index contributed by atoms with van der Waals surface area (Å²) in [5.74, 6) is 0.483. The fourth-order valence-electron chi connectivity index (χ4n) is 1.49. The molecular formula is C12H17N. The highest BCUT2D eigenvalue weighted by molar-refractivity contribution is 5.23. The molecule has 0 saturated heterocycles. The molecule has 1 unspecified atom stereocenters. The molecule has 1 aromatic rings. The van der Waals surface area contributed by atoms with Crippen molar-refractivity contribution in [3.63, 3.8) is 0 Å². The summed E-state index contributed by atoms with van der Waals surface area (Å²) in [5, 5.41) is 0. The maximum atomic E-state index is 5.56. The Hall–Kier alpha value is -1.08. The van der Waals surface area contributed by atoms with Crippen molar-refractivity contribution in [1.82, 2.24) is 0 Å². The van der Waals surface area contributed by atoms with Crippen LogP contribution in [0, 0.1) is 0 Å². The van der Waals surface area contributed by atoms with Crippen LogP contribution in [-0.4, -0.2) is 6.54 Å². The van der Waals surface area contributed by atoms with Gasteiger partial charge in [0.1, 0.15) is 0 Å². The van der Waals surface area contributed by atoms with Gasteiger partial charge in [0.2, 0.25) is 0 Å². The van der Waals surface area contributed by atoms with Gasteiger partial charge in [-0.2, -0.15) is 0 Å². The van der Waals surface area contributed by atoms with Gasteiger partial charge in [0.15, 0.2) is 0 Å². The fraction of sp³-hybridized carbons (Fsp3) is 0.333. The summed E-state index contributed by atoms with van der Waals surface area (Å²) in [7, 11) is 0. The number of nitrogens with two attached hydrogens (primary N) is 1. The first-order valence-corrected chi connectivity index (χ1v) is 4.76. The highest BCUT2D eigenvalue weighted by Crippen LogP contribution is 2.19. The molecule has 0 heterocycles. The molecule has 1 rings (SSSR count). The van der Waals surface area contributed by atoms with Crippen molar-refractivity contribution in [2.24, 2.45) is 5.73 Å². The monoisotopic (exact) mass is 175 g/mol. The van der Waals surface area contributed by atoms with Crippen LogP contribution in [0.5, 0.6) is 0 Å². The van der Waals surface area contributed by atoms with Gasteiger partial charge in [0.25, 0.3) is 0 Å². The minimum Gasteiger partial charge on any atom is -0.330 e. The lowest BCUT2D eigenvalue weighted by atomic mass is 9.95. The van der Waals surface area contributed by atoms with Crippen molar-refractivity contribution in [2.45, 2.75) is 19.3 Å². The van der Waals surface area contributed by atoms with Crippen molar-refractivity contribution in [3.8, 4) is 0 Å². The number of benzene rings is 1. The Bertz CT molecular complexity index is 251. The molecule has 1 aromatic carbocycles. The van der Waals surface area contributed by atoms with E-state index in [1.165, 1.54) is 5.56 Å². The first-order valence-electron chi connectivity index (χ1n) is 4.76. The molecule has 2 N–H and O–H groups in total. The predicted octanol–water partition coefficient (Wildman–Crippen LogP) is 2.70. The SMILES string of the molecule is CC=CC(CCN)c1ccccc1. The first-order chi connectivity index (χ1) is 6.38. The van der Waals surface area contributed by atoms with Gasteiger partial charge in [-0.15, -0.1) is 0 Å². The van der Waals surface area contributed by atoms with E-state index < -0.39 is 0 Å². The van der Waals surface area contributed by atoms with Gasteiger partial charge in [-0.1, -0.05) is 42.5 Å². The zero-order valence-electron chi connectivity index (χ0n) is 8.11. The summed E-state index contributed by atoms with van der Waals surface area (Å²) in [4.78, 5) is 0. The van der Waals surface area contributed by atoms with Crippen LogP contribution in [0.4, 0.5) is 0 Å². The maximum absolute atomic E-state index is 5.56. The predicted molar refractivity (Wildman–Crippen MR) is 57.7 cm³/mol. The van der Waals surface area contributed by atoms with Crippen LogP contribution in [0.15, 0.2) is 42.5 Å². The quantitative estimate of drug-likeness (QED) is 0.699. The highest BCUT2D eigenvalue weighted by atomic mass is 14.5. The van der Waals surface area contributed by atoms with Gasteiger partial charge in [-0.25, -0.2) is 0 Å². The van der Waals surface area contributed by atoms with Crippen molar-refractivity contribution < 1.29 is 0 Å². The molecule has 0 spiro atoms. The van der Waals surface area contributed by atoms with E-state index in [0.29, 0.717) is 5.92 Å². The summed E-state index contributed by atoms with van der Waals surface area (Å²) >= 11 is 0. The molecule has 0 saturated carbocycles. The normalized spacial score (nSPS) is 13.4. The molecule has 0 radical (unpaired) electrons. The molecule has 0 amide bonds. The van der Waals surface area contributed by atoms with Gasteiger partial charge >= 0.3 is 0 Å². The van der Waals surface area contributed by atoms with E-state index in [1.54, 1.807) is 0 Å². The summed E-state index contributed by atoms with van der Waals surface area (Å²) < 4.78 is 0. The summed E-state index contributed by atoms with van der Waals surface area (Å²) in [6.45, 7) is 2.79. The fourth-order valence-corrected chi connectivity index (χ4v) is 1.49. The van der Waals surface area contributed by atoms with E-state index in [1.807, 2.05) is 13.0 Å². The first kappa shape index (κ1) is 10.0. The van der Waals surface area contributed by atoms with Gasteiger partial charge in [0, 0.05) is 5.92 Å². The Kier molecular flexibility index (Phi) is 4.27. The van der Waals surface area contributed by atoms with Crippen LogP contribution >= 0.6 is 0 Å². The van der Waals surface area contributed by atoms with Crippen LogP contribution in [0.3, 0.4) is 0 Å². The van der Waals surface area contributed by atoms with Gasteiger partial charge < -0.3 is 5.73 Å². The van der Waals surface area contributed by atoms with Crippen LogP contribution in [0.25, 0.3) is 0 Å². The Morgan fingerprint density at radius 3 is 2.54 bits per heavy atom. The Labute approximate surface area is 80.3 Å². The third-order valence-electron chi connectivity index (χ3n) is 2.13. The number of rotatable bonds is 4. The van der Waals surface area contributed by atoms with Crippen LogP contribution < -0.4 is 5.73 Å². The summed E-state index contributed by atoms with van der Waals surface area (Å²) in [5.41, 5.74) is 6.92. The zero-order valence-corrected chi connectivity index (χ0v) is 8.11. The molecule has 1 heteroatoms. The molecule has 1 atom stereocenters. The molecule has 0 aliphatic rings. The second kappa shape index (κ2) is 5.55. The molecule has 0 aliphatic heterocycles. The minimum atomic E-state index is 0.483. The smallest absolute Gasteiger partial charge is 0.00298 e. The van der Waals surface area contributed by atoms with E-state index in [4.69, 9.17) is 5.73 Å². The van der Waals surface area contributed by atoms with Crippen molar-refractivity contribution in [3.05, 3.63) is 48.0 Å². The van der Waals surface area contributed by atoms with Crippen LogP contribution in [-0.2, 0) is 0 Å². The summed E-state index contributed by atoms with van der Waals surface area (Å²) in [6.07, 6.45) is 5.32. The third-order valence-corrected chi connectivity index (χ3v) is 2.13. The lowest BCUT2D eigenvalue weighted by Gasteiger charge is -2.11. The molecule has 70 valence electrons. The Morgan fingerprint density at radius 2 is 2.00 bits per heavy atom. The molecule has 0 bridgehead atoms. The number of hydrogen-bond donors (Lipinski definition) is 1. The largest absolute Gasteiger partial charge is 0.330 e. The highest BCUT2D eigenvalue weighted by Gasteiger charge is 2.04. The van der Waals surface area contributed by atoms with Gasteiger partial charge in [0.05, 0.1) is 0 Å². The standard InChI is InChI=1S/C12H17N/c1-2-6-11(9-10-13)12-7-4-3-5-8-12/h2-8,11H,9-10,13H2,1H3. The zero-order chi connectivity index (χ0) is 9.52. The van der Waals surface area contributed by atoms with E-state index in [0.717, 1.165) is 13.0 Å². The van der Waals surface area contributed by atoms with E-state index in [9.17, 15) is 0 Å². The lowest BCUT2D eigenvalue weighted by Crippen LogP contribution is -2.05. The molecule has 13 heavy (non-hydrogen) atoms. The molecule has 1 nitrogen and oxygen atoms in total. The second-order valence-electron chi connectivity index (χ2n) is 3.12. The van der Waals surface area contributed by atoms with E-state index in [-0.39, 0.29) is 0 Å². The average molecular weight is 175 g/mol. The Morgan fingerprint density at radius 1 is 1.31 bits per heavy atom. The molecular weight excluding hydrogens is 158 g/mol.